The molecule has 1 N–H and O–H groups in total. The summed E-state index contributed by atoms with van der Waals surface area (Å²) in [6.07, 6.45) is 0. The van der Waals surface area contributed by atoms with Gasteiger partial charge >= 0.3 is 0 Å². The highest BCUT2D eigenvalue weighted by molar-refractivity contribution is 5.64. The minimum absolute atomic E-state index is 0.0982. The molecule has 0 bridgehead atoms. The van der Waals surface area contributed by atoms with E-state index in [1.54, 1.807) is 7.11 Å². The molecule has 0 aliphatic carbocycles. The fraction of sp³-hybridized carbons (Fsp3) is 0.412. The Kier molecular flexibility index (Phi) is 4.46. The van der Waals surface area contributed by atoms with Gasteiger partial charge in [-0.15, -0.1) is 0 Å². The number of nitrogens with zero attached hydrogens (tertiary/aromatic N) is 2. The first-order chi connectivity index (χ1) is 9.94. The van der Waals surface area contributed by atoms with E-state index in [1.807, 2.05) is 30.3 Å². The fourth-order valence-corrected chi connectivity index (χ4v) is 1.98. The van der Waals surface area contributed by atoms with Crippen molar-refractivity contribution in [3.8, 4) is 17.0 Å². The number of benzene rings is 1. The van der Waals surface area contributed by atoms with Gasteiger partial charge in [-0.3, -0.25) is 0 Å². The topological polar surface area (TPSA) is 47.0 Å². The molecule has 21 heavy (non-hydrogen) atoms. The van der Waals surface area contributed by atoms with Crippen molar-refractivity contribution in [1.82, 2.24) is 9.97 Å². The number of rotatable bonds is 4. The molecule has 2 rings (SSSR count). The molecule has 0 spiro atoms. The van der Waals surface area contributed by atoms with Gasteiger partial charge in [-0.05, 0) is 19.1 Å². The van der Waals surface area contributed by atoms with E-state index < -0.39 is 0 Å². The third-order valence-electron chi connectivity index (χ3n) is 3.12. The molecule has 4 heteroatoms. The smallest absolute Gasteiger partial charge is 0.136 e. The van der Waals surface area contributed by atoms with Gasteiger partial charge < -0.3 is 10.1 Å². The molecule has 0 aliphatic heterocycles. The van der Waals surface area contributed by atoms with E-state index in [-0.39, 0.29) is 5.41 Å². The standard InChI is InChI=1S/C17H23N3O/c1-6-18-15-11-14(19-16(20-15)17(2,3)4)12-8-7-9-13(10-12)21-5/h7-11H,6H2,1-5H3,(H,18,19,20). The van der Waals surface area contributed by atoms with Crippen molar-refractivity contribution in [2.75, 3.05) is 19.0 Å². The maximum absolute atomic E-state index is 5.29. The molecule has 0 radical (unpaired) electrons. The molecular formula is C17H23N3O. The Hall–Kier alpha value is -2.10. The predicted molar refractivity (Wildman–Crippen MR) is 86.9 cm³/mol. The van der Waals surface area contributed by atoms with Crippen molar-refractivity contribution < 1.29 is 4.74 Å². The largest absolute Gasteiger partial charge is 0.497 e. The fourth-order valence-electron chi connectivity index (χ4n) is 1.98. The third kappa shape index (κ3) is 3.72. The zero-order chi connectivity index (χ0) is 15.5. The highest BCUT2D eigenvalue weighted by Gasteiger charge is 2.19. The Morgan fingerprint density at radius 2 is 1.90 bits per heavy atom. The second-order valence-corrected chi connectivity index (χ2v) is 5.97. The first-order valence-corrected chi connectivity index (χ1v) is 7.22. The first kappa shape index (κ1) is 15.3. The van der Waals surface area contributed by atoms with Gasteiger partial charge in [0, 0.05) is 23.6 Å². The molecule has 1 heterocycles. The Labute approximate surface area is 126 Å². The van der Waals surface area contributed by atoms with Crippen LogP contribution in [0.2, 0.25) is 0 Å². The van der Waals surface area contributed by atoms with Crippen LogP contribution in [-0.4, -0.2) is 23.6 Å². The van der Waals surface area contributed by atoms with Gasteiger partial charge in [0.1, 0.15) is 17.4 Å². The van der Waals surface area contributed by atoms with E-state index in [0.717, 1.165) is 35.2 Å². The lowest BCUT2D eigenvalue weighted by Crippen LogP contribution is -2.17. The number of methoxy groups -OCH3 is 1. The molecule has 4 nitrogen and oxygen atoms in total. The molecule has 0 amide bonds. The molecule has 112 valence electrons. The summed E-state index contributed by atoms with van der Waals surface area (Å²) in [4.78, 5) is 9.33. The third-order valence-corrected chi connectivity index (χ3v) is 3.12. The highest BCUT2D eigenvalue weighted by atomic mass is 16.5. The molecule has 0 saturated heterocycles. The molecule has 0 saturated carbocycles. The van der Waals surface area contributed by atoms with Gasteiger partial charge in [-0.25, -0.2) is 9.97 Å². The van der Waals surface area contributed by atoms with Crippen LogP contribution in [0.1, 0.15) is 33.5 Å². The molecular weight excluding hydrogens is 262 g/mol. The van der Waals surface area contributed by atoms with Crippen molar-refractivity contribution in [3.63, 3.8) is 0 Å². The van der Waals surface area contributed by atoms with Crippen molar-refractivity contribution >= 4 is 5.82 Å². The van der Waals surface area contributed by atoms with Crippen molar-refractivity contribution in [1.29, 1.82) is 0 Å². The summed E-state index contributed by atoms with van der Waals surface area (Å²) in [6, 6.07) is 9.91. The van der Waals surface area contributed by atoms with Crippen molar-refractivity contribution in [2.45, 2.75) is 33.1 Å². The van der Waals surface area contributed by atoms with Crippen LogP contribution in [0, 0.1) is 0 Å². The summed E-state index contributed by atoms with van der Waals surface area (Å²) < 4.78 is 5.29. The summed E-state index contributed by atoms with van der Waals surface area (Å²) in [7, 11) is 1.67. The Morgan fingerprint density at radius 1 is 1.14 bits per heavy atom. The molecule has 1 aromatic carbocycles. The molecule has 0 unspecified atom stereocenters. The van der Waals surface area contributed by atoms with Crippen LogP contribution in [0.5, 0.6) is 5.75 Å². The lowest BCUT2D eigenvalue weighted by Gasteiger charge is -2.19. The van der Waals surface area contributed by atoms with E-state index in [4.69, 9.17) is 9.72 Å². The zero-order valence-electron chi connectivity index (χ0n) is 13.4. The van der Waals surface area contributed by atoms with Gasteiger partial charge in [0.05, 0.1) is 12.8 Å². The lowest BCUT2D eigenvalue weighted by molar-refractivity contribution is 0.415. The van der Waals surface area contributed by atoms with Crippen LogP contribution in [0.25, 0.3) is 11.3 Å². The van der Waals surface area contributed by atoms with Crippen LogP contribution in [0.15, 0.2) is 30.3 Å². The summed E-state index contributed by atoms with van der Waals surface area (Å²) in [6.45, 7) is 9.25. The number of anilines is 1. The second-order valence-electron chi connectivity index (χ2n) is 5.97. The second kappa shape index (κ2) is 6.12. The van der Waals surface area contributed by atoms with Crippen LogP contribution in [-0.2, 0) is 5.41 Å². The van der Waals surface area contributed by atoms with E-state index in [9.17, 15) is 0 Å². The van der Waals surface area contributed by atoms with Gasteiger partial charge in [-0.1, -0.05) is 32.9 Å². The van der Waals surface area contributed by atoms with E-state index in [1.165, 1.54) is 0 Å². The number of ether oxygens (including phenoxy) is 1. The lowest BCUT2D eigenvalue weighted by atomic mass is 9.95. The molecule has 0 atom stereocenters. The zero-order valence-corrected chi connectivity index (χ0v) is 13.4. The predicted octanol–water partition coefficient (Wildman–Crippen LogP) is 3.88. The molecule has 1 aromatic heterocycles. The maximum atomic E-state index is 5.29. The summed E-state index contributed by atoms with van der Waals surface area (Å²) in [5.74, 6) is 2.52. The molecule has 0 aliphatic rings. The SMILES string of the molecule is CCNc1cc(-c2cccc(OC)c2)nc(C(C)(C)C)n1. The van der Waals surface area contributed by atoms with Gasteiger partial charge in [0.2, 0.25) is 0 Å². The molecule has 0 fully saturated rings. The number of hydrogen-bond donors (Lipinski definition) is 1. The Bertz CT molecular complexity index is 618. The average Bonchev–Trinajstić information content (AvgIpc) is 2.46. The number of aromatic nitrogens is 2. The van der Waals surface area contributed by atoms with Crippen LogP contribution in [0.3, 0.4) is 0 Å². The van der Waals surface area contributed by atoms with E-state index in [0.29, 0.717) is 0 Å². The summed E-state index contributed by atoms with van der Waals surface area (Å²) >= 11 is 0. The maximum Gasteiger partial charge on any atom is 0.136 e. The summed E-state index contributed by atoms with van der Waals surface area (Å²) in [5.41, 5.74) is 1.84. The first-order valence-electron chi connectivity index (χ1n) is 7.22. The van der Waals surface area contributed by atoms with E-state index >= 15 is 0 Å². The number of nitrogens with one attached hydrogen (secondary N) is 1. The van der Waals surface area contributed by atoms with Gasteiger partial charge in [-0.2, -0.15) is 0 Å². The van der Waals surface area contributed by atoms with Crippen LogP contribution in [0.4, 0.5) is 5.82 Å². The minimum Gasteiger partial charge on any atom is -0.497 e. The quantitative estimate of drug-likeness (QED) is 0.926. The number of hydrogen-bond acceptors (Lipinski definition) is 4. The average molecular weight is 285 g/mol. The highest BCUT2D eigenvalue weighted by Crippen LogP contribution is 2.27. The van der Waals surface area contributed by atoms with Gasteiger partial charge in [0.25, 0.3) is 0 Å². The summed E-state index contributed by atoms with van der Waals surface area (Å²) in [5, 5.41) is 3.28. The van der Waals surface area contributed by atoms with Gasteiger partial charge in [0.15, 0.2) is 0 Å². The van der Waals surface area contributed by atoms with Crippen LogP contribution >= 0.6 is 0 Å². The normalized spacial score (nSPS) is 11.3. The van der Waals surface area contributed by atoms with Crippen molar-refractivity contribution in [2.24, 2.45) is 0 Å². The molecule has 2 aromatic rings. The minimum atomic E-state index is -0.0982. The Morgan fingerprint density at radius 3 is 2.52 bits per heavy atom. The van der Waals surface area contributed by atoms with E-state index in [2.05, 4.69) is 38.0 Å². The monoisotopic (exact) mass is 285 g/mol. The van der Waals surface area contributed by atoms with Crippen molar-refractivity contribution in [3.05, 3.63) is 36.2 Å². The van der Waals surface area contributed by atoms with Crippen LogP contribution < -0.4 is 10.1 Å². The Balaban J connectivity index is 2.53.